The second-order valence-electron chi connectivity index (χ2n) is 3.55. The summed E-state index contributed by atoms with van der Waals surface area (Å²) in [6.07, 6.45) is 1.37. The number of aromatic nitrogens is 1. The molecule has 0 bridgehead atoms. The van der Waals surface area contributed by atoms with Crippen LogP contribution in [0.5, 0.6) is 11.5 Å². The van der Waals surface area contributed by atoms with E-state index in [9.17, 15) is 9.18 Å². The molecule has 1 aromatic carbocycles. The van der Waals surface area contributed by atoms with Crippen molar-refractivity contribution in [3.8, 4) is 11.5 Å². The van der Waals surface area contributed by atoms with Crippen LogP contribution in [0.25, 0.3) is 0 Å². The molecule has 0 aliphatic rings. The SMILES string of the molecule is COC(=O)c1ccc(F)cc1Oc1ccc(Cl)nc1. The number of benzene rings is 1. The van der Waals surface area contributed by atoms with E-state index in [0.717, 1.165) is 12.1 Å². The van der Waals surface area contributed by atoms with Crippen LogP contribution in [0.1, 0.15) is 10.4 Å². The summed E-state index contributed by atoms with van der Waals surface area (Å²) < 4.78 is 23.2. The van der Waals surface area contributed by atoms with Gasteiger partial charge in [-0.15, -0.1) is 0 Å². The second kappa shape index (κ2) is 5.67. The summed E-state index contributed by atoms with van der Waals surface area (Å²) in [6.45, 7) is 0. The number of ether oxygens (including phenoxy) is 2. The summed E-state index contributed by atoms with van der Waals surface area (Å²) in [6, 6.07) is 6.62. The fraction of sp³-hybridized carbons (Fsp3) is 0.0769. The van der Waals surface area contributed by atoms with Gasteiger partial charge < -0.3 is 9.47 Å². The Labute approximate surface area is 113 Å². The quantitative estimate of drug-likeness (QED) is 0.638. The smallest absolute Gasteiger partial charge is 0.341 e. The molecule has 98 valence electrons. The van der Waals surface area contributed by atoms with Crippen molar-refractivity contribution >= 4 is 17.6 Å². The van der Waals surface area contributed by atoms with E-state index in [1.54, 1.807) is 6.07 Å². The summed E-state index contributed by atoms with van der Waals surface area (Å²) >= 11 is 5.64. The first-order valence-electron chi connectivity index (χ1n) is 5.27. The zero-order valence-electron chi connectivity index (χ0n) is 9.89. The Hall–Kier alpha value is -2.14. The molecule has 0 saturated heterocycles. The standard InChI is InChI=1S/C13H9ClFNO3/c1-18-13(17)10-4-2-8(15)6-11(10)19-9-3-5-12(14)16-7-9/h2-7H,1H3. The lowest BCUT2D eigenvalue weighted by atomic mass is 10.2. The Bertz CT molecular complexity index is 601. The van der Waals surface area contributed by atoms with E-state index in [2.05, 4.69) is 9.72 Å². The lowest BCUT2D eigenvalue weighted by Crippen LogP contribution is -2.04. The van der Waals surface area contributed by atoms with E-state index in [-0.39, 0.29) is 11.3 Å². The molecule has 2 aromatic rings. The van der Waals surface area contributed by atoms with Crippen LogP contribution < -0.4 is 4.74 Å². The molecule has 0 N–H and O–H groups in total. The van der Waals surface area contributed by atoms with Gasteiger partial charge >= 0.3 is 5.97 Å². The molecule has 2 rings (SSSR count). The van der Waals surface area contributed by atoms with Crippen LogP contribution in [-0.2, 0) is 4.74 Å². The van der Waals surface area contributed by atoms with Gasteiger partial charge in [0.05, 0.1) is 13.3 Å². The minimum absolute atomic E-state index is 0.0518. The average molecular weight is 282 g/mol. The number of nitrogens with zero attached hydrogens (tertiary/aromatic N) is 1. The minimum atomic E-state index is -0.614. The van der Waals surface area contributed by atoms with E-state index in [1.807, 2.05) is 0 Å². The molecule has 1 aromatic heterocycles. The molecule has 6 heteroatoms. The summed E-state index contributed by atoms with van der Waals surface area (Å²) in [5.41, 5.74) is 0.124. The average Bonchev–Trinajstić information content (AvgIpc) is 2.41. The number of pyridine rings is 1. The minimum Gasteiger partial charge on any atom is -0.465 e. The van der Waals surface area contributed by atoms with Gasteiger partial charge in [0.25, 0.3) is 0 Å². The molecule has 0 atom stereocenters. The van der Waals surface area contributed by atoms with Crippen molar-refractivity contribution < 1.29 is 18.7 Å². The van der Waals surface area contributed by atoms with Gasteiger partial charge in [0.2, 0.25) is 0 Å². The van der Waals surface area contributed by atoms with Crippen LogP contribution in [0.4, 0.5) is 4.39 Å². The number of hydrogen-bond donors (Lipinski definition) is 0. The maximum absolute atomic E-state index is 13.2. The van der Waals surface area contributed by atoms with Crippen molar-refractivity contribution in [2.75, 3.05) is 7.11 Å². The Balaban J connectivity index is 2.35. The number of carbonyl (C=O) groups is 1. The van der Waals surface area contributed by atoms with Gasteiger partial charge in [0, 0.05) is 6.07 Å². The van der Waals surface area contributed by atoms with Crippen molar-refractivity contribution in [3.63, 3.8) is 0 Å². The highest BCUT2D eigenvalue weighted by Crippen LogP contribution is 2.27. The van der Waals surface area contributed by atoms with Crippen LogP contribution in [-0.4, -0.2) is 18.1 Å². The van der Waals surface area contributed by atoms with Gasteiger partial charge in [0.15, 0.2) is 0 Å². The molecule has 19 heavy (non-hydrogen) atoms. The van der Waals surface area contributed by atoms with Gasteiger partial charge in [0.1, 0.15) is 28.0 Å². The maximum Gasteiger partial charge on any atom is 0.341 e. The van der Waals surface area contributed by atoms with Gasteiger partial charge in [-0.3, -0.25) is 0 Å². The van der Waals surface area contributed by atoms with Gasteiger partial charge in [-0.2, -0.15) is 0 Å². The summed E-state index contributed by atoms with van der Waals surface area (Å²) in [7, 11) is 1.24. The van der Waals surface area contributed by atoms with E-state index in [1.165, 1.54) is 25.4 Å². The first-order valence-corrected chi connectivity index (χ1v) is 5.65. The zero-order chi connectivity index (χ0) is 13.8. The molecule has 0 aliphatic heterocycles. The first-order chi connectivity index (χ1) is 9.10. The van der Waals surface area contributed by atoms with Crippen LogP contribution in [0.3, 0.4) is 0 Å². The highest BCUT2D eigenvalue weighted by Gasteiger charge is 2.14. The van der Waals surface area contributed by atoms with Gasteiger partial charge in [-0.1, -0.05) is 11.6 Å². The molecule has 0 fully saturated rings. The number of esters is 1. The number of carbonyl (C=O) groups excluding carboxylic acids is 1. The molecular weight excluding hydrogens is 273 g/mol. The third kappa shape index (κ3) is 3.20. The van der Waals surface area contributed by atoms with Crippen LogP contribution in [0.2, 0.25) is 5.15 Å². The highest BCUT2D eigenvalue weighted by molar-refractivity contribution is 6.29. The molecular formula is C13H9ClFNO3. The zero-order valence-corrected chi connectivity index (χ0v) is 10.6. The highest BCUT2D eigenvalue weighted by atomic mass is 35.5. The molecule has 0 unspecified atom stereocenters. The third-order valence-corrected chi connectivity index (χ3v) is 2.50. The van der Waals surface area contributed by atoms with Crippen LogP contribution in [0.15, 0.2) is 36.5 Å². The van der Waals surface area contributed by atoms with Crippen molar-refractivity contribution in [2.45, 2.75) is 0 Å². The Kier molecular flexibility index (Phi) is 3.97. The lowest BCUT2D eigenvalue weighted by molar-refractivity contribution is 0.0598. The van der Waals surface area contributed by atoms with E-state index in [4.69, 9.17) is 16.3 Å². The first kappa shape index (κ1) is 13.3. The van der Waals surface area contributed by atoms with Crippen LogP contribution in [0, 0.1) is 5.82 Å². The van der Waals surface area contributed by atoms with Crippen LogP contribution >= 0.6 is 11.6 Å². The summed E-state index contributed by atoms with van der Waals surface area (Å²) in [4.78, 5) is 15.4. The van der Waals surface area contributed by atoms with E-state index >= 15 is 0 Å². The van der Waals surface area contributed by atoms with Crippen molar-refractivity contribution in [1.82, 2.24) is 4.98 Å². The van der Waals surface area contributed by atoms with Crippen molar-refractivity contribution in [3.05, 3.63) is 53.1 Å². The number of rotatable bonds is 3. The fourth-order valence-electron chi connectivity index (χ4n) is 1.41. The monoisotopic (exact) mass is 281 g/mol. The van der Waals surface area contributed by atoms with Crippen molar-refractivity contribution in [2.24, 2.45) is 0 Å². The van der Waals surface area contributed by atoms with E-state index < -0.39 is 11.8 Å². The lowest BCUT2D eigenvalue weighted by Gasteiger charge is -2.09. The normalized spacial score (nSPS) is 10.1. The van der Waals surface area contributed by atoms with Crippen molar-refractivity contribution in [1.29, 1.82) is 0 Å². The van der Waals surface area contributed by atoms with E-state index in [0.29, 0.717) is 10.9 Å². The Morgan fingerprint density at radius 3 is 2.74 bits per heavy atom. The van der Waals surface area contributed by atoms with Gasteiger partial charge in [-0.25, -0.2) is 14.2 Å². The Morgan fingerprint density at radius 1 is 1.32 bits per heavy atom. The van der Waals surface area contributed by atoms with Gasteiger partial charge in [-0.05, 0) is 24.3 Å². The maximum atomic E-state index is 13.2. The summed E-state index contributed by atoms with van der Waals surface area (Å²) in [5.74, 6) is -0.752. The topological polar surface area (TPSA) is 48.4 Å². The molecule has 1 heterocycles. The largest absolute Gasteiger partial charge is 0.465 e. The molecule has 4 nitrogen and oxygen atoms in total. The molecule has 0 saturated carbocycles. The molecule has 0 radical (unpaired) electrons. The Morgan fingerprint density at radius 2 is 2.11 bits per heavy atom. The summed E-state index contributed by atoms with van der Waals surface area (Å²) in [5, 5.41) is 0.305. The number of hydrogen-bond acceptors (Lipinski definition) is 4. The predicted octanol–water partition coefficient (Wildman–Crippen LogP) is 3.45. The fourth-order valence-corrected chi connectivity index (χ4v) is 1.52. The molecule has 0 amide bonds. The molecule has 0 aliphatic carbocycles. The predicted molar refractivity (Wildman–Crippen MR) is 67.1 cm³/mol. The second-order valence-corrected chi connectivity index (χ2v) is 3.94. The third-order valence-electron chi connectivity index (χ3n) is 2.28. The number of halogens is 2. The number of methoxy groups -OCH3 is 1. The molecule has 0 spiro atoms.